The van der Waals surface area contributed by atoms with Crippen molar-refractivity contribution in [2.45, 2.75) is 0 Å². The van der Waals surface area contributed by atoms with Gasteiger partial charge in [0.1, 0.15) is 10.8 Å². The van der Waals surface area contributed by atoms with Crippen molar-refractivity contribution < 1.29 is 14.5 Å². The van der Waals surface area contributed by atoms with Crippen LogP contribution in [0.3, 0.4) is 0 Å². The van der Waals surface area contributed by atoms with Gasteiger partial charge in [0.05, 0.1) is 23.8 Å². The molecule has 7 nitrogen and oxygen atoms in total. The van der Waals surface area contributed by atoms with E-state index >= 15 is 0 Å². The minimum atomic E-state index is -0.590. The van der Waals surface area contributed by atoms with Gasteiger partial charge >= 0.3 is 0 Å². The van der Waals surface area contributed by atoms with Gasteiger partial charge in [-0.3, -0.25) is 14.9 Å². The van der Waals surface area contributed by atoms with E-state index in [4.69, 9.17) is 16.3 Å². The van der Waals surface area contributed by atoms with E-state index < -0.39 is 10.8 Å². The van der Waals surface area contributed by atoms with Crippen molar-refractivity contribution in [1.82, 2.24) is 5.43 Å². The number of carbonyl (C=O) groups is 1. The van der Waals surface area contributed by atoms with Crippen LogP contribution < -0.4 is 10.2 Å². The first-order valence-electron chi connectivity index (χ1n) is 6.43. The van der Waals surface area contributed by atoms with Crippen molar-refractivity contribution in [3.63, 3.8) is 0 Å². The van der Waals surface area contributed by atoms with Gasteiger partial charge in [0.25, 0.3) is 11.6 Å². The molecular formula is C15H12ClN3O4. The number of rotatable bonds is 5. The molecule has 0 aliphatic heterocycles. The monoisotopic (exact) mass is 333 g/mol. The summed E-state index contributed by atoms with van der Waals surface area (Å²) in [7, 11) is 1.46. The number of carbonyl (C=O) groups excluding carboxylic acids is 1. The molecule has 0 saturated heterocycles. The van der Waals surface area contributed by atoms with E-state index in [1.54, 1.807) is 30.3 Å². The topological polar surface area (TPSA) is 93.8 Å². The fourth-order valence-corrected chi connectivity index (χ4v) is 1.99. The lowest BCUT2D eigenvalue weighted by Gasteiger charge is -2.05. The summed E-state index contributed by atoms with van der Waals surface area (Å²) in [4.78, 5) is 22.2. The molecule has 0 radical (unpaired) electrons. The number of methoxy groups -OCH3 is 1. The largest absolute Gasteiger partial charge is 0.496 e. The first-order chi connectivity index (χ1) is 11.0. The van der Waals surface area contributed by atoms with Crippen molar-refractivity contribution in [1.29, 1.82) is 0 Å². The summed E-state index contributed by atoms with van der Waals surface area (Å²) in [5.74, 6) is -0.0375. The van der Waals surface area contributed by atoms with E-state index in [9.17, 15) is 14.9 Å². The molecule has 2 aromatic carbocycles. The second-order valence-corrected chi connectivity index (χ2v) is 4.77. The van der Waals surface area contributed by atoms with Crippen LogP contribution in [0.1, 0.15) is 15.9 Å². The molecule has 1 amide bonds. The van der Waals surface area contributed by atoms with Crippen LogP contribution >= 0.6 is 11.6 Å². The Bertz CT molecular complexity index is 777. The second-order valence-electron chi connectivity index (χ2n) is 4.37. The molecule has 2 aromatic rings. The fraction of sp³-hybridized carbons (Fsp3) is 0.0667. The zero-order chi connectivity index (χ0) is 16.8. The molecular weight excluding hydrogens is 322 g/mol. The average molecular weight is 334 g/mol. The van der Waals surface area contributed by atoms with Gasteiger partial charge in [-0.25, -0.2) is 5.43 Å². The van der Waals surface area contributed by atoms with Crippen LogP contribution in [0.4, 0.5) is 5.69 Å². The molecule has 2 rings (SSSR count). The molecule has 0 aliphatic rings. The first-order valence-corrected chi connectivity index (χ1v) is 6.81. The number of benzene rings is 2. The van der Waals surface area contributed by atoms with Gasteiger partial charge in [0, 0.05) is 11.6 Å². The van der Waals surface area contributed by atoms with E-state index in [0.717, 1.165) is 0 Å². The molecule has 0 fully saturated rings. The normalized spacial score (nSPS) is 10.5. The van der Waals surface area contributed by atoms with Crippen LogP contribution in [0.15, 0.2) is 47.6 Å². The van der Waals surface area contributed by atoms with Crippen molar-refractivity contribution in [2.24, 2.45) is 5.10 Å². The highest BCUT2D eigenvalue weighted by molar-refractivity contribution is 6.32. The molecule has 8 heteroatoms. The van der Waals surface area contributed by atoms with Gasteiger partial charge in [-0.05, 0) is 18.2 Å². The summed E-state index contributed by atoms with van der Waals surface area (Å²) in [5.41, 5.74) is 2.86. The first kappa shape index (κ1) is 16.4. The number of nitro groups is 1. The standard InChI is InChI=1S/C15H12ClN3O4/c1-23-14-5-3-2-4-11(14)15(20)18-17-9-10-6-7-12(16)13(8-10)19(21)22/h2-9H,1H3,(H,18,20). The number of hydrogen-bond donors (Lipinski definition) is 1. The Labute approximate surface area is 136 Å². The summed E-state index contributed by atoms with van der Waals surface area (Å²) in [6.45, 7) is 0. The minimum Gasteiger partial charge on any atom is -0.496 e. The second kappa shape index (κ2) is 7.37. The number of halogens is 1. The van der Waals surface area contributed by atoms with Crippen LogP contribution in [-0.2, 0) is 0 Å². The third-order valence-corrected chi connectivity index (χ3v) is 3.22. The van der Waals surface area contributed by atoms with Gasteiger partial charge in [0.2, 0.25) is 0 Å². The molecule has 0 bridgehead atoms. The third-order valence-electron chi connectivity index (χ3n) is 2.90. The van der Waals surface area contributed by atoms with Gasteiger partial charge in [-0.1, -0.05) is 29.8 Å². The summed E-state index contributed by atoms with van der Waals surface area (Å²) >= 11 is 5.72. The maximum atomic E-state index is 12.0. The average Bonchev–Trinajstić information content (AvgIpc) is 2.55. The number of hydrazone groups is 1. The van der Waals surface area contributed by atoms with E-state index in [-0.39, 0.29) is 10.7 Å². The molecule has 118 valence electrons. The summed E-state index contributed by atoms with van der Waals surface area (Å²) < 4.78 is 5.08. The lowest BCUT2D eigenvalue weighted by atomic mass is 10.2. The number of ether oxygens (including phenoxy) is 1. The molecule has 1 N–H and O–H groups in total. The number of hydrogen-bond acceptors (Lipinski definition) is 5. The SMILES string of the molecule is COc1ccccc1C(=O)NN=Cc1ccc(Cl)c([N+](=O)[O-])c1. The predicted molar refractivity (Wildman–Crippen MR) is 86.2 cm³/mol. The van der Waals surface area contributed by atoms with Crippen molar-refractivity contribution in [3.8, 4) is 5.75 Å². The third kappa shape index (κ3) is 4.04. The van der Waals surface area contributed by atoms with Crippen molar-refractivity contribution in [3.05, 3.63) is 68.7 Å². The molecule has 0 saturated carbocycles. The zero-order valence-corrected chi connectivity index (χ0v) is 12.8. The molecule has 0 aliphatic carbocycles. The lowest BCUT2D eigenvalue weighted by molar-refractivity contribution is -0.384. The van der Waals surface area contributed by atoms with Crippen LogP contribution in [0.25, 0.3) is 0 Å². The summed E-state index contributed by atoms with van der Waals surface area (Å²) in [6, 6.07) is 10.9. The molecule has 0 spiro atoms. The minimum absolute atomic E-state index is 0.0326. The van der Waals surface area contributed by atoms with Gasteiger partial charge < -0.3 is 4.74 Å². The highest BCUT2D eigenvalue weighted by atomic mass is 35.5. The Morgan fingerprint density at radius 3 is 2.78 bits per heavy atom. The van der Waals surface area contributed by atoms with Crippen LogP contribution in [0.2, 0.25) is 5.02 Å². The molecule has 0 unspecified atom stereocenters. The Morgan fingerprint density at radius 2 is 2.09 bits per heavy atom. The lowest BCUT2D eigenvalue weighted by Crippen LogP contribution is -2.18. The maximum absolute atomic E-state index is 12.0. The summed E-state index contributed by atoms with van der Waals surface area (Å²) in [6.07, 6.45) is 1.29. The smallest absolute Gasteiger partial charge is 0.288 e. The Balaban J connectivity index is 2.11. The van der Waals surface area contributed by atoms with E-state index in [0.29, 0.717) is 16.9 Å². The molecule has 23 heavy (non-hydrogen) atoms. The van der Waals surface area contributed by atoms with Crippen LogP contribution in [0, 0.1) is 10.1 Å². The Morgan fingerprint density at radius 1 is 1.35 bits per heavy atom. The van der Waals surface area contributed by atoms with E-state index in [1.807, 2.05) is 0 Å². The van der Waals surface area contributed by atoms with Crippen molar-refractivity contribution >= 4 is 29.4 Å². The highest BCUT2D eigenvalue weighted by Gasteiger charge is 2.12. The van der Waals surface area contributed by atoms with Gasteiger partial charge in [-0.2, -0.15) is 5.10 Å². The predicted octanol–water partition coefficient (Wildman–Crippen LogP) is 3.02. The zero-order valence-electron chi connectivity index (χ0n) is 12.0. The number of nitro benzene ring substituents is 1. The molecule has 0 aromatic heterocycles. The maximum Gasteiger partial charge on any atom is 0.288 e. The van der Waals surface area contributed by atoms with E-state index in [1.165, 1.54) is 25.5 Å². The van der Waals surface area contributed by atoms with Gasteiger partial charge in [0.15, 0.2) is 0 Å². The molecule has 0 heterocycles. The quantitative estimate of drug-likeness (QED) is 0.517. The number of nitrogens with one attached hydrogen (secondary N) is 1. The fourth-order valence-electron chi connectivity index (χ4n) is 1.81. The van der Waals surface area contributed by atoms with E-state index in [2.05, 4.69) is 10.5 Å². The Kier molecular flexibility index (Phi) is 5.27. The number of amides is 1. The van der Waals surface area contributed by atoms with Crippen molar-refractivity contribution in [2.75, 3.05) is 7.11 Å². The van der Waals surface area contributed by atoms with Gasteiger partial charge in [-0.15, -0.1) is 0 Å². The summed E-state index contributed by atoms with van der Waals surface area (Å²) in [5, 5.41) is 14.6. The molecule has 0 atom stereocenters. The highest BCUT2D eigenvalue weighted by Crippen LogP contribution is 2.24. The van der Waals surface area contributed by atoms with Crippen LogP contribution in [0.5, 0.6) is 5.75 Å². The van der Waals surface area contributed by atoms with Crippen LogP contribution in [-0.4, -0.2) is 24.2 Å². The number of nitrogens with zero attached hydrogens (tertiary/aromatic N) is 2. The Hall–Kier alpha value is -2.93. The number of para-hydroxylation sites is 1.